The van der Waals surface area contributed by atoms with E-state index in [1.165, 1.54) is 19.3 Å². The second-order valence-electron chi connectivity index (χ2n) is 3.12. The van der Waals surface area contributed by atoms with Gasteiger partial charge in [0, 0.05) is 13.1 Å². The highest BCUT2D eigenvalue weighted by Crippen LogP contribution is 2.23. The Kier molecular flexibility index (Phi) is 2.88. The van der Waals surface area contributed by atoms with Crippen LogP contribution in [0.5, 0.6) is 0 Å². The van der Waals surface area contributed by atoms with Crippen molar-refractivity contribution in [1.82, 2.24) is 10.2 Å². The molecule has 3 nitrogen and oxygen atoms in total. The maximum absolute atomic E-state index is 11.2. The molecule has 1 aliphatic carbocycles. The van der Waals surface area contributed by atoms with Crippen molar-refractivity contribution >= 4 is 5.91 Å². The van der Waals surface area contributed by atoms with Gasteiger partial charge in [0.15, 0.2) is 0 Å². The predicted molar refractivity (Wildman–Crippen MR) is 44.3 cm³/mol. The molecule has 0 aliphatic heterocycles. The van der Waals surface area contributed by atoms with Gasteiger partial charge in [-0.15, -0.1) is 0 Å². The molecule has 3 heteroatoms. The average Bonchev–Trinajstić information content (AvgIpc) is 1.84. The molecule has 1 aliphatic rings. The smallest absolute Gasteiger partial charge is 0.236 e. The Labute approximate surface area is 67.8 Å². The minimum Gasteiger partial charge on any atom is -0.342 e. The molecule has 1 fully saturated rings. The van der Waals surface area contributed by atoms with Crippen LogP contribution in [0.1, 0.15) is 19.3 Å². The normalized spacial score (nSPS) is 17.6. The lowest BCUT2D eigenvalue weighted by atomic mass is 9.92. The fraction of sp³-hybridized carbons (Fsp3) is 0.875. The van der Waals surface area contributed by atoms with Gasteiger partial charge in [-0.05, 0) is 26.3 Å². The molecular formula is C8H16N2O. The highest BCUT2D eigenvalue weighted by atomic mass is 16.2. The van der Waals surface area contributed by atoms with Gasteiger partial charge in [-0.25, -0.2) is 0 Å². The number of rotatable bonds is 3. The third-order valence-corrected chi connectivity index (χ3v) is 2.34. The third kappa shape index (κ3) is 1.93. The lowest BCUT2D eigenvalue weighted by Crippen LogP contribution is -2.44. The number of nitrogens with zero attached hydrogens (tertiary/aromatic N) is 1. The largest absolute Gasteiger partial charge is 0.342 e. The standard InChI is InChI=1S/C8H16N2O/c1-9-6-8(11)10(2)7-4-3-5-7/h7,9H,3-6H2,1-2H3. The van der Waals surface area contributed by atoms with E-state index >= 15 is 0 Å². The first kappa shape index (κ1) is 8.53. The monoisotopic (exact) mass is 156 g/mol. The summed E-state index contributed by atoms with van der Waals surface area (Å²) in [5.74, 6) is 0.206. The van der Waals surface area contributed by atoms with Crippen LogP contribution in [0.2, 0.25) is 0 Å². The fourth-order valence-electron chi connectivity index (χ4n) is 1.25. The van der Waals surface area contributed by atoms with Crippen molar-refractivity contribution in [2.75, 3.05) is 20.6 Å². The molecule has 1 saturated carbocycles. The van der Waals surface area contributed by atoms with Gasteiger partial charge in [-0.3, -0.25) is 4.79 Å². The summed E-state index contributed by atoms with van der Waals surface area (Å²) >= 11 is 0. The fourth-order valence-corrected chi connectivity index (χ4v) is 1.25. The van der Waals surface area contributed by atoms with Gasteiger partial charge in [0.25, 0.3) is 0 Å². The van der Waals surface area contributed by atoms with Crippen molar-refractivity contribution in [1.29, 1.82) is 0 Å². The van der Waals surface area contributed by atoms with Gasteiger partial charge in [0.2, 0.25) is 5.91 Å². The van der Waals surface area contributed by atoms with E-state index in [4.69, 9.17) is 0 Å². The second kappa shape index (κ2) is 3.72. The summed E-state index contributed by atoms with van der Waals surface area (Å²) < 4.78 is 0. The van der Waals surface area contributed by atoms with Crippen LogP contribution < -0.4 is 5.32 Å². The molecule has 0 atom stereocenters. The van der Waals surface area contributed by atoms with Crippen molar-refractivity contribution in [3.8, 4) is 0 Å². The van der Waals surface area contributed by atoms with Gasteiger partial charge in [0.1, 0.15) is 0 Å². The van der Waals surface area contributed by atoms with E-state index in [-0.39, 0.29) is 5.91 Å². The summed E-state index contributed by atoms with van der Waals surface area (Å²) in [6.45, 7) is 0.465. The molecule has 1 rings (SSSR count). The molecule has 1 N–H and O–H groups in total. The lowest BCUT2D eigenvalue weighted by molar-refractivity contribution is -0.132. The van der Waals surface area contributed by atoms with Crippen LogP contribution in [-0.2, 0) is 4.79 Å². The highest BCUT2D eigenvalue weighted by Gasteiger charge is 2.24. The average molecular weight is 156 g/mol. The molecule has 0 aromatic carbocycles. The van der Waals surface area contributed by atoms with Crippen molar-refractivity contribution in [3.63, 3.8) is 0 Å². The van der Waals surface area contributed by atoms with Crippen LogP contribution in [0, 0.1) is 0 Å². The lowest BCUT2D eigenvalue weighted by Gasteiger charge is -2.34. The van der Waals surface area contributed by atoms with E-state index in [1.807, 2.05) is 11.9 Å². The van der Waals surface area contributed by atoms with Crippen molar-refractivity contribution < 1.29 is 4.79 Å². The molecule has 0 aromatic rings. The van der Waals surface area contributed by atoms with Crippen LogP contribution in [-0.4, -0.2) is 37.5 Å². The highest BCUT2D eigenvalue weighted by molar-refractivity contribution is 5.78. The Bertz CT molecular complexity index is 143. The van der Waals surface area contributed by atoms with E-state index in [1.54, 1.807) is 7.05 Å². The number of carbonyl (C=O) groups excluding carboxylic acids is 1. The molecule has 0 unspecified atom stereocenters. The van der Waals surface area contributed by atoms with Crippen LogP contribution in [0.4, 0.5) is 0 Å². The van der Waals surface area contributed by atoms with Crippen LogP contribution in [0.25, 0.3) is 0 Å². The van der Waals surface area contributed by atoms with Crippen LogP contribution in [0.3, 0.4) is 0 Å². The zero-order chi connectivity index (χ0) is 8.27. The number of amides is 1. The van der Waals surface area contributed by atoms with E-state index < -0.39 is 0 Å². The minimum atomic E-state index is 0.206. The topological polar surface area (TPSA) is 32.3 Å². The Balaban J connectivity index is 2.27. The first-order chi connectivity index (χ1) is 5.25. The van der Waals surface area contributed by atoms with Crippen LogP contribution >= 0.6 is 0 Å². The summed E-state index contributed by atoms with van der Waals surface area (Å²) in [6.07, 6.45) is 3.65. The molecule has 0 radical (unpaired) electrons. The van der Waals surface area contributed by atoms with Crippen LogP contribution in [0.15, 0.2) is 0 Å². The van der Waals surface area contributed by atoms with Gasteiger partial charge >= 0.3 is 0 Å². The maximum atomic E-state index is 11.2. The molecule has 0 spiro atoms. The quantitative estimate of drug-likeness (QED) is 0.634. The summed E-state index contributed by atoms with van der Waals surface area (Å²) in [6, 6.07) is 0.524. The molecule has 0 saturated heterocycles. The second-order valence-corrected chi connectivity index (χ2v) is 3.12. The van der Waals surface area contributed by atoms with Gasteiger partial charge < -0.3 is 10.2 Å². The molecule has 0 bridgehead atoms. The molecule has 0 heterocycles. The van der Waals surface area contributed by atoms with Crippen molar-refractivity contribution in [3.05, 3.63) is 0 Å². The van der Waals surface area contributed by atoms with Crippen molar-refractivity contribution in [2.45, 2.75) is 25.3 Å². The van der Waals surface area contributed by atoms with Crippen molar-refractivity contribution in [2.24, 2.45) is 0 Å². The van der Waals surface area contributed by atoms with Gasteiger partial charge in [0.05, 0.1) is 6.54 Å². The van der Waals surface area contributed by atoms with Gasteiger partial charge in [-0.1, -0.05) is 0 Å². The molecule has 11 heavy (non-hydrogen) atoms. The SMILES string of the molecule is CNCC(=O)N(C)C1CCC1. The number of hydrogen-bond acceptors (Lipinski definition) is 2. The molecule has 64 valence electrons. The molecule has 0 aromatic heterocycles. The zero-order valence-corrected chi connectivity index (χ0v) is 7.26. The number of likely N-dealkylation sites (N-methyl/N-ethyl adjacent to an activating group) is 2. The maximum Gasteiger partial charge on any atom is 0.236 e. The third-order valence-electron chi connectivity index (χ3n) is 2.34. The Morgan fingerprint density at radius 2 is 2.27 bits per heavy atom. The molecule has 1 amide bonds. The Morgan fingerprint density at radius 3 is 2.64 bits per heavy atom. The zero-order valence-electron chi connectivity index (χ0n) is 7.26. The summed E-state index contributed by atoms with van der Waals surface area (Å²) in [7, 11) is 3.69. The summed E-state index contributed by atoms with van der Waals surface area (Å²) in [4.78, 5) is 13.1. The summed E-state index contributed by atoms with van der Waals surface area (Å²) in [5, 5.41) is 2.86. The van der Waals surface area contributed by atoms with Gasteiger partial charge in [-0.2, -0.15) is 0 Å². The molecular weight excluding hydrogens is 140 g/mol. The van der Waals surface area contributed by atoms with E-state index in [0.717, 1.165) is 0 Å². The van der Waals surface area contributed by atoms with E-state index in [9.17, 15) is 4.79 Å². The van der Waals surface area contributed by atoms with E-state index in [0.29, 0.717) is 12.6 Å². The Morgan fingerprint density at radius 1 is 1.64 bits per heavy atom. The number of nitrogens with one attached hydrogen (secondary N) is 1. The van der Waals surface area contributed by atoms with E-state index in [2.05, 4.69) is 5.32 Å². The number of carbonyl (C=O) groups is 1. The Hall–Kier alpha value is -0.570. The predicted octanol–water partition coefficient (Wildman–Crippen LogP) is 0.217. The first-order valence-corrected chi connectivity index (χ1v) is 4.16. The number of hydrogen-bond donors (Lipinski definition) is 1. The minimum absolute atomic E-state index is 0.206. The summed E-state index contributed by atoms with van der Waals surface area (Å²) in [5.41, 5.74) is 0. The first-order valence-electron chi connectivity index (χ1n) is 4.16.